The minimum absolute atomic E-state index is 0.108. The second-order valence-electron chi connectivity index (χ2n) is 7.40. The predicted octanol–water partition coefficient (Wildman–Crippen LogP) is -0.109. The van der Waals surface area contributed by atoms with Crippen molar-refractivity contribution >= 4 is 39.2 Å². The molecular weight excluding hydrogens is 400 g/mol. The van der Waals surface area contributed by atoms with Gasteiger partial charge < -0.3 is 14.4 Å². The number of rotatable bonds is 5. The lowest BCUT2D eigenvalue weighted by Crippen LogP contribution is -2.71. The first-order valence-electron chi connectivity index (χ1n) is 8.16. The summed E-state index contributed by atoms with van der Waals surface area (Å²) in [4.78, 5) is 39.2. The molecule has 0 saturated carbocycles. The highest BCUT2D eigenvalue weighted by atomic mass is 35.5. The van der Waals surface area contributed by atoms with Crippen molar-refractivity contribution in [2.75, 3.05) is 32.3 Å². The van der Waals surface area contributed by atoms with Gasteiger partial charge in [-0.1, -0.05) is 0 Å². The Hall–Kier alpha value is -1.65. The summed E-state index contributed by atoms with van der Waals surface area (Å²) in [6.07, 6.45) is -1.16. The molecular formula is C16H23ClN2O7S. The maximum Gasteiger partial charge on any atom is 0.326 e. The van der Waals surface area contributed by atoms with Gasteiger partial charge in [0.25, 0.3) is 11.8 Å². The molecule has 0 aromatic heterocycles. The van der Waals surface area contributed by atoms with Gasteiger partial charge in [0, 0.05) is 20.0 Å². The number of ether oxygens (including phenoxy) is 2. The fraction of sp³-hybridized carbons (Fsp3) is 0.688. The number of alkyl halides is 1. The Labute approximate surface area is 163 Å². The predicted molar refractivity (Wildman–Crippen MR) is 96.4 cm³/mol. The van der Waals surface area contributed by atoms with E-state index < -0.39 is 50.5 Å². The minimum Gasteiger partial charge on any atom is -0.459 e. The van der Waals surface area contributed by atoms with Crippen LogP contribution in [0.2, 0.25) is 0 Å². The summed E-state index contributed by atoms with van der Waals surface area (Å²) in [6.45, 7) is 4.73. The summed E-state index contributed by atoms with van der Waals surface area (Å²) < 4.78 is 35.0. The van der Waals surface area contributed by atoms with Gasteiger partial charge in [0.1, 0.15) is 17.8 Å². The third-order valence-electron chi connectivity index (χ3n) is 4.06. The van der Waals surface area contributed by atoms with Gasteiger partial charge in [-0.05, 0) is 26.3 Å². The van der Waals surface area contributed by atoms with Gasteiger partial charge in [-0.25, -0.2) is 8.42 Å². The first-order chi connectivity index (χ1) is 12.3. The van der Waals surface area contributed by atoms with E-state index in [1.165, 1.54) is 14.2 Å². The fourth-order valence-electron chi connectivity index (χ4n) is 2.98. The van der Waals surface area contributed by atoms with Crippen LogP contribution in [-0.2, 0) is 33.7 Å². The molecule has 27 heavy (non-hydrogen) atoms. The van der Waals surface area contributed by atoms with E-state index >= 15 is 0 Å². The second-order valence-corrected chi connectivity index (χ2v) is 9.76. The van der Waals surface area contributed by atoms with Crippen molar-refractivity contribution in [3.8, 4) is 0 Å². The average molecular weight is 423 g/mol. The summed E-state index contributed by atoms with van der Waals surface area (Å²) in [5.41, 5.74) is -0.726. The van der Waals surface area contributed by atoms with Crippen molar-refractivity contribution in [3.63, 3.8) is 0 Å². The molecule has 2 atom stereocenters. The number of amides is 2. The summed E-state index contributed by atoms with van der Waals surface area (Å²) in [6, 6.07) is 0. The molecule has 152 valence electrons. The first-order valence-corrected chi connectivity index (χ1v) is 10.4. The van der Waals surface area contributed by atoms with Crippen LogP contribution in [0.25, 0.3) is 0 Å². The van der Waals surface area contributed by atoms with Crippen molar-refractivity contribution in [3.05, 3.63) is 11.3 Å². The van der Waals surface area contributed by atoms with Gasteiger partial charge in [0.05, 0.1) is 5.75 Å². The Kier molecular flexibility index (Phi) is 5.93. The molecule has 2 amide bonds. The summed E-state index contributed by atoms with van der Waals surface area (Å²) in [5.74, 6) is -2.64. The Morgan fingerprint density at radius 1 is 1.33 bits per heavy atom. The molecule has 2 aliphatic heterocycles. The van der Waals surface area contributed by atoms with Gasteiger partial charge in [0.15, 0.2) is 21.3 Å². The van der Waals surface area contributed by atoms with Crippen LogP contribution in [0.15, 0.2) is 11.3 Å². The topological polar surface area (TPSA) is 110 Å². The van der Waals surface area contributed by atoms with E-state index in [4.69, 9.17) is 21.1 Å². The molecule has 1 saturated heterocycles. The van der Waals surface area contributed by atoms with Gasteiger partial charge in [-0.2, -0.15) is 0 Å². The number of likely N-dealkylation sites (N-methyl/N-ethyl adjacent to an activating group) is 1. The maximum absolute atomic E-state index is 12.9. The van der Waals surface area contributed by atoms with Crippen molar-refractivity contribution in [1.82, 2.24) is 9.80 Å². The van der Waals surface area contributed by atoms with Crippen LogP contribution in [0.1, 0.15) is 20.8 Å². The number of sulfone groups is 1. The van der Waals surface area contributed by atoms with Crippen molar-refractivity contribution in [2.24, 2.45) is 0 Å². The highest BCUT2D eigenvalue weighted by Crippen LogP contribution is 2.38. The Bertz CT molecular complexity index is 800. The van der Waals surface area contributed by atoms with Gasteiger partial charge in [-0.3, -0.25) is 19.3 Å². The van der Waals surface area contributed by atoms with E-state index in [0.29, 0.717) is 0 Å². The molecule has 11 heteroatoms. The molecule has 2 heterocycles. The molecule has 0 N–H and O–H groups in total. The minimum atomic E-state index is -3.74. The number of hydrogen-bond acceptors (Lipinski definition) is 7. The van der Waals surface area contributed by atoms with Crippen molar-refractivity contribution < 1.29 is 32.3 Å². The van der Waals surface area contributed by atoms with E-state index in [0.717, 1.165) is 9.80 Å². The van der Waals surface area contributed by atoms with Gasteiger partial charge >= 0.3 is 5.97 Å². The quantitative estimate of drug-likeness (QED) is 0.345. The molecule has 0 aliphatic carbocycles. The van der Waals surface area contributed by atoms with Crippen LogP contribution in [-0.4, -0.2) is 85.4 Å². The summed E-state index contributed by atoms with van der Waals surface area (Å²) in [7, 11) is -1.15. The molecule has 9 nitrogen and oxygen atoms in total. The Morgan fingerprint density at radius 3 is 2.41 bits per heavy atom. The number of carbonyl (C=O) groups is 3. The number of carbonyl (C=O) groups excluding carboxylic acids is 3. The zero-order chi connectivity index (χ0) is 20.7. The van der Waals surface area contributed by atoms with E-state index in [-0.39, 0.29) is 23.7 Å². The van der Waals surface area contributed by atoms with E-state index in [1.807, 2.05) is 0 Å². The van der Waals surface area contributed by atoms with Crippen LogP contribution < -0.4 is 0 Å². The van der Waals surface area contributed by atoms with Crippen LogP contribution in [0, 0.1) is 0 Å². The van der Waals surface area contributed by atoms with Gasteiger partial charge in [0.2, 0.25) is 0 Å². The van der Waals surface area contributed by atoms with Crippen LogP contribution in [0.3, 0.4) is 0 Å². The third-order valence-corrected chi connectivity index (χ3v) is 6.33. The number of hydrogen-bond donors (Lipinski definition) is 0. The number of fused-ring (bicyclic) bond motifs is 1. The van der Waals surface area contributed by atoms with E-state index in [2.05, 4.69) is 0 Å². The third kappa shape index (κ3) is 4.12. The number of nitrogens with zero attached hydrogens (tertiary/aromatic N) is 2. The molecule has 2 aliphatic rings. The SMILES string of the molecule is CO[C@H]1C(=O)N2C(C(=O)N(C)CC(=O)OC(C)(C)C)=C(CCl)CS(=O)(=O)C12. The maximum atomic E-state index is 12.9. The summed E-state index contributed by atoms with van der Waals surface area (Å²) >= 11 is 5.85. The van der Waals surface area contributed by atoms with Crippen LogP contribution in [0.5, 0.6) is 0 Å². The zero-order valence-corrected chi connectivity index (χ0v) is 17.4. The summed E-state index contributed by atoms with van der Waals surface area (Å²) in [5, 5.41) is -1.27. The monoisotopic (exact) mass is 422 g/mol. The lowest BCUT2D eigenvalue weighted by atomic mass is 10.0. The molecule has 0 spiro atoms. The number of halogens is 1. The fourth-order valence-corrected chi connectivity index (χ4v) is 5.35. The largest absolute Gasteiger partial charge is 0.459 e. The second kappa shape index (κ2) is 7.40. The van der Waals surface area contributed by atoms with E-state index in [9.17, 15) is 22.8 Å². The van der Waals surface area contributed by atoms with E-state index in [1.54, 1.807) is 20.8 Å². The number of methoxy groups -OCH3 is 1. The standard InChI is InChI=1S/C16H23ClN2O7S/c1-16(2,3)26-10(20)7-18(4)13(21)11-9(6-17)8-27(23,24)15-12(25-5)14(22)19(11)15/h12,15H,6-8H2,1-5H3/t12-,15?/m0/s1. The van der Waals surface area contributed by atoms with Crippen LogP contribution in [0.4, 0.5) is 0 Å². The molecule has 2 rings (SSSR count). The molecule has 0 aromatic carbocycles. The lowest BCUT2D eigenvalue weighted by molar-refractivity contribution is -0.162. The molecule has 0 bridgehead atoms. The number of esters is 1. The molecule has 0 aromatic rings. The zero-order valence-electron chi connectivity index (χ0n) is 15.8. The Balaban J connectivity index is 2.31. The highest BCUT2D eigenvalue weighted by molar-refractivity contribution is 7.92. The van der Waals surface area contributed by atoms with Crippen molar-refractivity contribution in [1.29, 1.82) is 0 Å². The number of β-lactam (4-membered cyclic amide) rings is 1. The normalized spacial score (nSPS) is 24.2. The molecule has 1 unspecified atom stereocenters. The lowest BCUT2D eigenvalue weighted by Gasteiger charge is -2.49. The van der Waals surface area contributed by atoms with Crippen LogP contribution >= 0.6 is 11.6 Å². The van der Waals surface area contributed by atoms with Gasteiger partial charge in [-0.15, -0.1) is 11.6 Å². The average Bonchev–Trinajstić information content (AvgIpc) is 2.52. The molecule has 1 fully saturated rings. The first kappa shape index (κ1) is 21.6. The Morgan fingerprint density at radius 2 is 1.93 bits per heavy atom. The van der Waals surface area contributed by atoms with Crippen molar-refractivity contribution in [2.45, 2.75) is 37.9 Å². The smallest absolute Gasteiger partial charge is 0.326 e. The molecule has 0 radical (unpaired) electrons. The highest BCUT2D eigenvalue weighted by Gasteiger charge is 2.60.